The lowest BCUT2D eigenvalue weighted by Gasteiger charge is -2.19. The Hall–Kier alpha value is -0.590. The molecule has 0 saturated carbocycles. The van der Waals surface area contributed by atoms with Crippen LogP contribution in [-0.4, -0.2) is 16.5 Å². The molecule has 78 valence electrons. The van der Waals surface area contributed by atoms with E-state index in [-0.39, 0.29) is 11.0 Å². The number of hydrogen-bond acceptors (Lipinski definition) is 3. The van der Waals surface area contributed by atoms with Gasteiger partial charge in [0.1, 0.15) is 9.39 Å². The molecule has 14 heavy (non-hydrogen) atoms. The van der Waals surface area contributed by atoms with Crippen molar-refractivity contribution < 1.29 is 0 Å². The first-order chi connectivity index (χ1) is 6.40. The number of aromatic nitrogens is 2. The molecular weight excluding hydrogens is 293 g/mol. The van der Waals surface area contributed by atoms with E-state index in [1.165, 1.54) is 6.33 Å². The van der Waals surface area contributed by atoms with Gasteiger partial charge in [-0.1, -0.05) is 20.8 Å². The molecule has 5 heteroatoms. The Balaban J connectivity index is 2.78. The van der Waals surface area contributed by atoms with Crippen LogP contribution in [0.1, 0.15) is 20.8 Å². The molecule has 0 saturated heterocycles. The fourth-order valence-corrected chi connectivity index (χ4v) is 1.34. The highest BCUT2D eigenvalue weighted by molar-refractivity contribution is 14.1. The number of H-pyrrole nitrogens is 1. The first kappa shape index (κ1) is 11.5. The summed E-state index contributed by atoms with van der Waals surface area (Å²) in [4.78, 5) is 17.8. The van der Waals surface area contributed by atoms with Gasteiger partial charge in [-0.3, -0.25) is 4.79 Å². The van der Waals surface area contributed by atoms with Gasteiger partial charge in [0, 0.05) is 6.54 Å². The second-order valence-electron chi connectivity index (χ2n) is 4.31. The molecule has 0 aliphatic carbocycles. The Kier molecular flexibility index (Phi) is 3.52. The molecule has 2 N–H and O–H groups in total. The van der Waals surface area contributed by atoms with Crippen LogP contribution in [0.25, 0.3) is 0 Å². The van der Waals surface area contributed by atoms with E-state index >= 15 is 0 Å². The lowest BCUT2D eigenvalue weighted by Crippen LogP contribution is -2.22. The van der Waals surface area contributed by atoms with Crippen molar-refractivity contribution in [3.63, 3.8) is 0 Å². The summed E-state index contributed by atoms with van der Waals surface area (Å²) in [6, 6.07) is 0. The third-order valence-corrected chi connectivity index (χ3v) is 2.58. The van der Waals surface area contributed by atoms with Crippen LogP contribution in [0.5, 0.6) is 0 Å². The fourth-order valence-electron chi connectivity index (χ4n) is 0.855. The maximum absolute atomic E-state index is 11.2. The second kappa shape index (κ2) is 4.29. The van der Waals surface area contributed by atoms with E-state index < -0.39 is 0 Å². The Morgan fingerprint density at radius 1 is 1.57 bits per heavy atom. The molecule has 0 unspecified atom stereocenters. The Labute approximate surface area is 96.7 Å². The number of rotatable bonds is 2. The Morgan fingerprint density at radius 2 is 2.21 bits per heavy atom. The molecule has 0 aliphatic rings. The standard InChI is InChI=1S/C9H14IN3O/c1-9(2,3)4-11-7-6(10)8(14)13-5-12-7/h5H,4H2,1-3H3,(H2,11,12,13,14). The minimum absolute atomic E-state index is 0.1000. The molecule has 0 aliphatic heterocycles. The van der Waals surface area contributed by atoms with Crippen LogP contribution in [0.3, 0.4) is 0 Å². The summed E-state index contributed by atoms with van der Waals surface area (Å²) in [6.45, 7) is 7.17. The van der Waals surface area contributed by atoms with Crippen molar-refractivity contribution in [2.75, 3.05) is 11.9 Å². The highest BCUT2D eigenvalue weighted by atomic mass is 127. The molecule has 0 spiro atoms. The van der Waals surface area contributed by atoms with Crippen LogP contribution in [0.15, 0.2) is 11.1 Å². The number of nitrogens with one attached hydrogen (secondary N) is 2. The average molecular weight is 307 g/mol. The molecule has 0 amide bonds. The van der Waals surface area contributed by atoms with Gasteiger partial charge in [-0.05, 0) is 28.0 Å². The van der Waals surface area contributed by atoms with Crippen LogP contribution in [0.2, 0.25) is 0 Å². The third-order valence-electron chi connectivity index (χ3n) is 1.58. The lowest BCUT2D eigenvalue weighted by molar-refractivity contribution is 0.442. The van der Waals surface area contributed by atoms with Gasteiger partial charge in [-0.25, -0.2) is 4.98 Å². The van der Waals surface area contributed by atoms with Gasteiger partial charge in [-0.15, -0.1) is 0 Å². The SMILES string of the molecule is CC(C)(C)CNc1nc[nH]c(=O)c1I. The van der Waals surface area contributed by atoms with Gasteiger partial charge in [-0.2, -0.15) is 0 Å². The third kappa shape index (κ3) is 3.28. The normalized spacial score (nSPS) is 11.4. The van der Waals surface area contributed by atoms with Crippen molar-refractivity contribution in [2.24, 2.45) is 5.41 Å². The van der Waals surface area contributed by atoms with Crippen LogP contribution < -0.4 is 10.9 Å². The predicted molar refractivity (Wildman–Crippen MR) is 65.5 cm³/mol. The Morgan fingerprint density at radius 3 is 2.79 bits per heavy atom. The van der Waals surface area contributed by atoms with Crippen molar-refractivity contribution in [1.82, 2.24) is 9.97 Å². The number of aromatic amines is 1. The van der Waals surface area contributed by atoms with Crippen LogP contribution >= 0.6 is 22.6 Å². The number of nitrogens with zero attached hydrogens (tertiary/aromatic N) is 1. The maximum atomic E-state index is 11.2. The Bertz CT molecular complexity index is 367. The summed E-state index contributed by atoms with van der Waals surface area (Å²) >= 11 is 1.99. The summed E-state index contributed by atoms with van der Waals surface area (Å²) in [5.74, 6) is 0.657. The number of anilines is 1. The van der Waals surface area contributed by atoms with Gasteiger partial charge < -0.3 is 10.3 Å². The van der Waals surface area contributed by atoms with Crippen molar-refractivity contribution >= 4 is 28.4 Å². The summed E-state index contributed by atoms with van der Waals surface area (Å²) in [5, 5.41) is 3.16. The van der Waals surface area contributed by atoms with E-state index in [1.54, 1.807) is 0 Å². The van der Waals surface area contributed by atoms with Gasteiger partial charge in [0.2, 0.25) is 0 Å². The molecule has 4 nitrogen and oxygen atoms in total. The second-order valence-corrected chi connectivity index (χ2v) is 5.39. The van der Waals surface area contributed by atoms with Crippen LogP contribution in [0.4, 0.5) is 5.82 Å². The van der Waals surface area contributed by atoms with Gasteiger partial charge in [0.25, 0.3) is 5.56 Å². The molecule has 0 bridgehead atoms. The van der Waals surface area contributed by atoms with E-state index in [0.717, 1.165) is 6.54 Å². The molecule has 0 fully saturated rings. The van der Waals surface area contributed by atoms with Crippen molar-refractivity contribution in [1.29, 1.82) is 0 Å². The summed E-state index contributed by atoms with van der Waals surface area (Å²) < 4.78 is 0.606. The van der Waals surface area contributed by atoms with Crippen molar-refractivity contribution in [3.05, 3.63) is 20.3 Å². The molecular formula is C9H14IN3O. The summed E-state index contributed by atoms with van der Waals surface area (Å²) in [5.41, 5.74) is 0.0740. The highest BCUT2D eigenvalue weighted by Crippen LogP contribution is 2.15. The zero-order valence-electron chi connectivity index (χ0n) is 8.52. The predicted octanol–water partition coefficient (Wildman–Crippen LogP) is 1.83. The molecule has 1 aromatic rings. The monoisotopic (exact) mass is 307 g/mol. The topological polar surface area (TPSA) is 57.8 Å². The molecule has 1 aromatic heterocycles. The van der Waals surface area contributed by atoms with E-state index in [2.05, 4.69) is 36.1 Å². The van der Waals surface area contributed by atoms with E-state index in [4.69, 9.17) is 0 Å². The molecule has 0 radical (unpaired) electrons. The van der Waals surface area contributed by atoms with Gasteiger partial charge >= 0.3 is 0 Å². The first-order valence-corrected chi connectivity index (χ1v) is 5.45. The van der Waals surface area contributed by atoms with Crippen LogP contribution in [0, 0.1) is 8.99 Å². The lowest BCUT2D eigenvalue weighted by atomic mass is 9.97. The van der Waals surface area contributed by atoms with Gasteiger partial charge in [0.15, 0.2) is 0 Å². The smallest absolute Gasteiger partial charge is 0.266 e. The molecule has 0 atom stereocenters. The fraction of sp³-hybridized carbons (Fsp3) is 0.556. The minimum atomic E-state index is -0.1000. The quantitative estimate of drug-likeness (QED) is 0.820. The summed E-state index contributed by atoms with van der Waals surface area (Å²) in [6.07, 6.45) is 1.41. The van der Waals surface area contributed by atoms with Crippen molar-refractivity contribution in [2.45, 2.75) is 20.8 Å². The van der Waals surface area contributed by atoms with Gasteiger partial charge in [0.05, 0.1) is 6.33 Å². The zero-order valence-corrected chi connectivity index (χ0v) is 10.7. The van der Waals surface area contributed by atoms with E-state index in [9.17, 15) is 4.79 Å². The first-order valence-electron chi connectivity index (χ1n) is 4.37. The largest absolute Gasteiger partial charge is 0.368 e. The minimum Gasteiger partial charge on any atom is -0.368 e. The summed E-state index contributed by atoms with van der Waals surface area (Å²) in [7, 11) is 0. The van der Waals surface area contributed by atoms with E-state index in [0.29, 0.717) is 9.39 Å². The maximum Gasteiger partial charge on any atom is 0.266 e. The zero-order chi connectivity index (χ0) is 10.8. The number of halogens is 1. The highest BCUT2D eigenvalue weighted by Gasteiger charge is 2.11. The van der Waals surface area contributed by atoms with Crippen molar-refractivity contribution in [3.8, 4) is 0 Å². The molecule has 1 rings (SSSR count). The average Bonchev–Trinajstić information content (AvgIpc) is 2.06. The van der Waals surface area contributed by atoms with E-state index in [1.807, 2.05) is 22.6 Å². The molecule has 0 aromatic carbocycles. The molecule has 1 heterocycles. The van der Waals surface area contributed by atoms with Crippen LogP contribution in [-0.2, 0) is 0 Å². The number of hydrogen-bond donors (Lipinski definition) is 2.